The lowest BCUT2D eigenvalue weighted by Gasteiger charge is -2.31. The van der Waals surface area contributed by atoms with Crippen LogP contribution in [-0.2, 0) is 9.53 Å². The molecule has 1 aromatic carbocycles. The van der Waals surface area contributed by atoms with Crippen LogP contribution in [0.3, 0.4) is 0 Å². The summed E-state index contributed by atoms with van der Waals surface area (Å²) < 4.78 is 5.05. The third-order valence-corrected chi connectivity index (χ3v) is 4.59. The normalized spacial score (nSPS) is 17.4. The van der Waals surface area contributed by atoms with Gasteiger partial charge in [-0.2, -0.15) is 0 Å². The van der Waals surface area contributed by atoms with Gasteiger partial charge in [0.05, 0.1) is 12.7 Å². The Kier molecular flexibility index (Phi) is 4.91. The molecule has 0 spiro atoms. The molecule has 25 heavy (non-hydrogen) atoms. The van der Waals surface area contributed by atoms with Crippen molar-refractivity contribution in [3.05, 3.63) is 81.9 Å². The molecule has 0 amide bonds. The summed E-state index contributed by atoms with van der Waals surface area (Å²) in [5, 5.41) is 3.96. The van der Waals surface area contributed by atoms with E-state index in [9.17, 15) is 4.79 Å². The van der Waals surface area contributed by atoms with E-state index >= 15 is 0 Å². The number of rotatable bonds is 3. The molecular formula is C20H19ClN2O2. The quantitative estimate of drug-likeness (QED) is 0.835. The van der Waals surface area contributed by atoms with Crippen LogP contribution >= 0.6 is 11.6 Å². The lowest BCUT2D eigenvalue weighted by atomic mass is 9.78. The molecule has 1 aliphatic rings. The Balaban J connectivity index is 2.23. The van der Waals surface area contributed by atoms with Crippen LogP contribution in [0.15, 0.2) is 65.8 Å². The molecular weight excluding hydrogens is 336 g/mol. The zero-order chi connectivity index (χ0) is 18.0. The van der Waals surface area contributed by atoms with Crippen molar-refractivity contribution in [2.75, 3.05) is 7.11 Å². The summed E-state index contributed by atoms with van der Waals surface area (Å²) in [6.45, 7) is 3.89. The van der Waals surface area contributed by atoms with Crippen LogP contribution in [0.4, 0.5) is 0 Å². The van der Waals surface area contributed by atoms with Crippen LogP contribution < -0.4 is 5.32 Å². The van der Waals surface area contributed by atoms with E-state index < -0.39 is 0 Å². The highest BCUT2D eigenvalue weighted by molar-refractivity contribution is 6.30. The summed E-state index contributed by atoms with van der Waals surface area (Å²) in [6, 6.07) is 11.4. The average molecular weight is 355 g/mol. The van der Waals surface area contributed by atoms with Crippen molar-refractivity contribution in [1.29, 1.82) is 0 Å². The first kappa shape index (κ1) is 17.2. The molecule has 5 heteroatoms. The second-order valence-corrected chi connectivity index (χ2v) is 6.36. The third kappa shape index (κ3) is 3.30. The monoisotopic (exact) mass is 354 g/mol. The zero-order valence-electron chi connectivity index (χ0n) is 14.3. The maximum Gasteiger partial charge on any atom is 0.336 e. The van der Waals surface area contributed by atoms with E-state index in [1.165, 1.54) is 7.11 Å². The maximum absolute atomic E-state index is 12.5. The first-order chi connectivity index (χ1) is 12.0. The molecule has 0 aliphatic carbocycles. The van der Waals surface area contributed by atoms with E-state index in [4.69, 9.17) is 16.3 Å². The number of nitrogens with one attached hydrogen (secondary N) is 1. The van der Waals surface area contributed by atoms with E-state index in [-0.39, 0.29) is 11.9 Å². The number of nitrogens with zero attached hydrogens (tertiary/aromatic N) is 1. The highest BCUT2D eigenvalue weighted by Crippen LogP contribution is 2.43. The number of dihydropyridines is 1. The Morgan fingerprint density at radius 1 is 1.16 bits per heavy atom. The number of hydrogen-bond acceptors (Lipinski definition) is 4. The van der Waals surface area contributed by atoms with Gasteiger partial charge in [0.2, 0.25) is 0 Å². The summed E-state index contributed by atoms with van der Waals surface area (Å²) in [4.78, 5) is 16.8. The van der Waals surface area contributed by atoms with E-state index in [0.717, 1.165) is 28.1 Å². The predicted octanol–water partition coefficient (Wildman–Crippen LogP) is 4.30. The number of pyridine rings is 1. The summed E-state index contributed by atoms with van der Waals surface area (Å²) in [5.41, 5.74) is 5.30. The summed E-state index contributed by atoms with van der Waals surface area (Å²) >= 11 is 6.05. The van der Waals surface area contributed by atoms with Crippen LogP contribution in [0.1, 0.15) is 30.9 Å². The number of halogens is 1. The third-order valence-electron chi connectivity index (χ3n) is 4.34. The summed E-state index contributed by atoms with van der Waals surface area (Å²) in [5.74, 6) is -0.603. The number of carbonyl (C=O) groups is 1. The number of carbonyl (C=O) groups excluding carboxylic acids is 1. The van der Waals surface area contributed by atoms with Gasteiger partial charge >= 0.3 is 5.97 Å². The standard InChI is InChI=1S/C20H19ClN2O2/c1-12-17(15-5-4-10-22-11-15)19(14-6-8-16(21)9-7-14)18(13(2)23-12)20(24)25-3/h4-11,19,23H,1-3H3. The molecule has 0 saturated carbocycles. The van der Waals surface area contributed by atoms with Crippen molar-refractivity contribution in [3.63, 3.8) is 0 Å². The predicted molar refractivity (Wildman–Crippen MR) is 98.9 cm³/mol. The number of methoxy groups -OCH3 is 1. The zero-order valence-corrected chi connectivity index (χ0v) is 15.1. The highest BCUT2D eigenvalue weighted by atomic mass is 35.5. The SMILES string of the molecule is COC(=O)C1=C(C)NC(C)=C(c2cccnc2)C1c1ccc(Cl)cc1. The molecule has 2 aromatic rings. The van der Waals surface area contributed by atoms with Crippen LogP contribution in [0, 0.1) is 0 Å². The van der Waals surface area contributed by atoms with E-state index in [0.29, 0.717) is 10.6 Å². The molecule has 0 radical (unpaired) electrons. The van der Waals surface area contributed by atoms with E-state index in [1.54, 1.807) is 12.4 Å². The Hall–Kier alpha value is -2.59. The minimum atomic E-state index is -0.348. The van der Waals surface area contributed by atoms with Gasteiger partial charge in [-0.3, -0.25) is 4.98 Å². The van der Waals surface area contributed by atoms with Gasteiger partial charge in [0.15, 0.2) is 0 Å². The first-order valence-electron chi connectivity index (χ1n) is 7.95. The fraction of sp³-hybridized carbons (Fsp3) is 0.200. The number of benzene rings is 1. The van der Waals surface area contributed by atoms with Gasteiger partial charge in [0.25, 0.3) is 0 Å². The second-order valence-electron chi connectivity index (χ2n) is 5.92. The molecule has 128 valence electrons. The maximum atomic E-state index is 12.5. The minimum absolute atomic E-state index is 0.254. The van der Waals surface area contributed by atoms with Crippen LogP contribution in [0.25, 0.3) is 5.57 Å². The number of aromatic nitrogens is 1. The number of allylic oxidation sites excluding steroid dienone is 3. The van der Waals surface area contributed by atoms with Gasteiger partial charge in [-0.25, -0.2) is 4.79 Å². The fourth-order valence-electron chi connectivity index (χ4n) is 3.27. The van der Waals surface area contributed by atoms with Crippen molar-refractivity contribution < 1.29 is 9.53 Å². The molecule has 1 atom stereocenters. The highest BCUT2D eigenvalue weighted by Gasteiger charge is 2.34. The number of hydrogen-bond donors (Lipinski definition) is 1. The molecule has 1 aliphatic heterocycles. The molecule has 1 unspecified atom stereocenters. The molecule has 0 saturated heterocycles. The van der Waals surface area contributed by atoms with Crippen molar-refractivity contribution >= 4 is 23.1 Å². The Morgan fingerprint density at radius 3 is 2.48 bits per heavy atom. The molecule has 1 N–H and O–H groups in total. The van der Waals surface area contributed by atoms with E-state index in [2.05, 4.69) is 10.3 Å². The van der Waals surface area contributed by atoms with Gasteiger partial charge in [0.1, 0.15) is 0 Å². The molecule has 2 heterocycles. The van der Waals surface area contributed by atoms with Crippen LogP contribution in [0.5, 0.6) is 0 Å². The Bertz CT molecular complexity index is 855. The first-order valence-corrected chi connectivity index (χ1v) is 8.33. The lowest BCUT2D eigenvalue weighted by molar-refractivity contribution is -0.136. The average Bonchev–Trinajstić information content (AvgIpc) is 2.62. The Morgan fingerprint density at radius 2 is 1.88 bits per heavy atom. The molecule has 0 fully saturated rings. The van der Waals surface area contributed by atoms with Crippen LogP contribution in [0.2, 0.25) is 5.02 Å². The minimum Gasteiger partial charge on any atom is -0.466 e. The number of esters is 1. The largest absolute Gasteiger partial charge is 0.466 e. The topological polar surface area (TPSA) is 51.2 Å². The van der Waals surface area contributed by atoms with Crippen molar-refractivity contribution in [3.8, 4) is 0 Å². The van der Waals surface area contributed by atoms with Crippen molar-refractivity contribution in [2.45, 2.75) is 19.8 Å². The summed E-state index contributed by atoms with van der Waals surface area (Å²) in [6.07, 6.45) is 3.54. The fourth-order valence-corrected chi connectivity index (χ4v) is 3.39. The molecule has 1 aromatic heterocycles. The van der Waals surface area contributed by atoms with Crippen LogP contribution in [-0.4, -0.2) is 18.1 Å². The number of ether oxygens (including phenoxy) is 1. The van der Waals surface area contributed by atoms with Crippen molar-refractivity contribution in [1.82, 2.24) is 10.3 Å². The van der Waals surface area contributed by atoms with Gasteiger partial charge in [-0.15, -0.1) is 0 Å². The lowest BCUT2D eigenvalue weighted by Crippen LogP contribution is -2.28. The van der Waals surface area contributed by atoms with Gasteiger partial charge in [-0.05, 0) is 48.7 Å². The van der Waals surface area contributed by atoms with Gasteiger partial charge in [0, 0.05) is 34.7 Å². The summed E-state index contributed by atoms with van der Waals surface area (Å²) in [7, 11) is 1.40. The molecule has 3 rings (SSSR count). The second kappa shape index (κ2) is 7.11. The van der Waals surface area contributed by atoms with Gasteiger partial charge in [-0.1, -0.05) is 29.8 Å². The van der Waals surface area contributed by atoms with Gasteiger partial charge < -0.3 is 10.1 Å². The Labute approximate surface area is 152 Å². The molecule has 0 bridgehead atoms. The van der Waals surface area contributed by atoms with E-state index in [1.807, 2.05) is 50.2 Å². The van der Waals surface area contributed by atoms with Crippen molar-refractivity contribution in [2.24, 2.45) is 0 Å². The smallest absolute Gasteiger partial charge is 0.336 e. The molecule has 4 nitrogen and oxygen atoms in total.